The molecule has 224 valence electrons. The molecule has 41 heavy (non-hydrogen) atoms. The van der Waals surface area contributed by atoms with E-state index in [1.54, 1.807) is 6.20 Å². The van der Waals surface area contributed by atoms with Crippen LogP contribution in [-0.2, 0) is 20.8 Å². The van der Waals surface area contributed by atoms with Gasteiger partial charge in [-0.2, -0.15) is 0 Å². The third-order valence-electron chi connectivity index (χ3n) is 9.32. The Morgan fingerprint density at radius 3 is 2.59 bits per heavy atom. The maximum atomic E-state index is 14.2. The molecular formula is C30H42BrN5O5. The fraction of sp³-hybridized carbons (Fsp3) is 0.633. The van der Waals surface area contributed by atoms with Crippen molar-refractivity contribution < 1.29 is 24.2 Å². The molecule has 2 amide bonds. The van der Waals surface area contributed by atoms with Crippen LogP contribution in [0.5, 0.6) is 5.75 Å². The topological polar surface area (TPSA) is 142 Å². The average molecular weight is 633 g/mol. The number of hydrogen-bond acceptors (Lipinski definition) is 7. The number of likely N-dealkylation sites (tertiary alicyclic amines) is 1. The van der Waals surface area contributed by atoms with E-state index < -0.39 is 23.8 Å². The Morgan fingerprint density at radius 2 is 1.95 bits per heavy atom. The largest absolute Gasteiger partial charge is 0.487 e. The average Bonchev–Trinajstić information content (AvgIpc) is 3.62. The maximum absolute atomic E-state index is 14.2. The smallest absolute Gasteiger partial charge is 0.307 e. The molecule has 1 aromatic carbocycles. The number of rotatable bonds is 9. The van der Waals surface area contributed by atoms with Crippen LogP contribution in [0.1, 0.15) is 76.0 Å². The van der Waals surface area contributed by atoms with Crippen LogP contribution in [0.2, 0.25) is 0 Å². The lowest BCUT2D eigenvalue weighted by Gasteiger charge is -2.43. The highest BCUT2D eigenvalue weighted by Gasteiger charge is 2.53. The Bertz CT molecular complexity index is 1230. The molecule has 2 heterocycles. The molecule has 11 heteroatoms. The summed E-state index contributed by atoms with van der Waals surface area (Å²) >= 11 is 3.71. The molecule has 0 radical (unpaired) electrons. The number of nitrogens with zero attached hydrogens (tertiary/aromatic N) is 3. The summed E-state index contributed by atoms with van der Waals surface area (Å²) in [6, 6.07) is 3.42. The van der Waals surface area contributed by atoms with Crippen molar-refractivity contribution in [2.45, 2.75) is 77.3 Å². The zero-order chi connectivity index (χ0) is 29.5. The minimum absolute atomic E-state index is 0.0696. The van der Waals surface area contributed by atoms with Crippen LogP contribution >= 0.6 is 15.9 Å². The van der Waals surface area contributed by atoms with Crippen LogP contribution in [0.4, 0.5) is 0 Å². The second-order valence-electron chi connectivity index (χ2n) is 12.6. The number of carboxylic acid groups (broad SMARTS) is 1. The van der Waals surface area contributed by atoms with Gasteiger partial charge < -0.3 is 30.4 Å². The lowest BCUT2D eigenvalue weighted by molar-refractivity contribution is -0.154. The molecule has 1 spiro atoms. The van der Waals surface area contributed by atoms with Crippen molar-refractivity contribution in [3.63, 3.8) is 0 Å². The van der Waals surface area contributed by atoms with E-state index in [1.165, 1.54) is 5.01 Å². The third-order valence-corrected chi connectivity index (χ3v) is 10.1. The number of benzene rings is 1. The number of hydrogen-bond donors (Lipinski definition) is 3. The number of halogens is 1. The van der Waals surface area contributed by atoms with Gasteiger partial charge in [0.25, 0.3) is 0 Å². The lowest BCUT2D eigenvalue weighted by Crippen LogP contribution is -2.50. The van der Waals surface area contributed by atoms with Gasteiger partial charge in [0.05, 0.1) is 23.6 Å². The van der Waals surface area contributed by atoms with Crippen molar-refractivity contribution in [1.29, 1.82) is 0 Å². The fourth-order valence-electron chi connectivity index (χ4n) is 6.70. The summed E-state index contributed by atoms with van der Waals surface area (Å²) < 4.78 is 7.20. The molecule has 5 N–H and O–H groups in total. The molecular weight excluding hydrogens is 590 g/mol. The van der Waals surface area contributed by atoms with E-state index in [2.05, 4.69) is 15.9 Å². The van der Waals surface area contributed by atoms with Crippen LogP contribution in [0.15, 0.2) is 28.5 Å². The number of carboxylic acids is 1. The molecule has 2 aliphatic heterocycles. The second kappa shape index (κ2) is 11.8. The van der Waals surface area contributed by atoms with Crippen LogP contribution in [-0.4, -0.2) is 70.0 Å². The Kier molecular flexibility index (Phi) is 8.57. The third kappa shape index (κ3) is 6.21. The van der Waals surface area contributed by atoms with Gasteiger partial charge in [-0.05, 0) is 69.1 Å². The Hall–Kier alpha value is -2.79. The highest BCUT2D eigenvalue weighted by molar-refractivity contribution is 9.10. The van der Waals surface area contributed by atoms with Crippen molar-refractivity contribution in [2.75, 3.05) is 26.2 Å². The van der Waals surface area contributed by atoms with E-state index in [0.29, 0.717) is 56.8 Å². The van der Waals surface area contributed by atoms with Gasteiger partial charge in [-0.3, -0.25) is 14.4 Å². The number of nitrogens with two attached hydrogens (primary N) is 2. The number of carbonyl (C=O) groups is 3. The molecule has 3 atom stereocenters. The Morgan fingerprint density at radius 1 is 1.24 bits per heavy atom. The first kappa shape index (κ1) is 29.7. The van der Waals surface area contributed by atoms with Gasteiger partial charge in [0, 0.05) is 48.3 Å². The Labute approximate surface area is 250 Å². The number of hydrazine groups is 1. The van der Waals surface area contributed by atoms with Gasteiger partial charge in [-0.1, -0.05) is 28.8 Å². The van der Waals surface area contributed by atoms with Crippen molar-refractivity contribution in [2.24, 2.45) is 28.8 Å². The molecule has 2 saturated carbocycles. The van der Waals surface area contributed by atoms with Gasteiger partial charge >= 0.3 is 5.97 Å². The number of carbonyl (C=O) groups excluding carboxylic acids is 2. The van der Waals surface area contributed by atoms with E-state index >= 15 is 0 Å². The first-order valence-corrected chi connectivity index (χ1v) is 15.5. The van der Waals surface area contributed by atoms with Gasteiger partial charge in [0.15, 0.2) is 0 Å². The number of aliphatic carboxylic acids is 1. The van der Waals surface area contributed by atoms with Crippen LogP contribution in [0, 0.1) is 17.3 Å². The van der Waals surface area contributed by atoms with Gasteiger partial charge in [-0.25, -0.2) is 5.84 Å². The van der Waals surface area contributed by atoms with E-state index in [1.807, 2.05) is 35.8 Å². The molecule has 1 aromatic rings. The second-order valence-corrected chi connectivity index (χ2v) is 13.4. The number of amides is 2. The fourth-order valence-corrected chi connectivity index (χ4v) is 7.25. The van der Waals surface area contributed by atoms with Gasteiger partial charge in [-0.15, -0.1) is 0 Å². The zero-order valence-electron chi connectivity index (χ0n) is 24.0. The highest BCUT2D eigenvalue weighted by Crippen LogP contribution is 2.54. The predicted octanol–water partition coefficient (Wildman–Crippen LogP) is 3.54. The summed E-state index contributed by atoms with van der Waals surface area (Å²) in [6.07, 6.45) is 7.63. The Balaban J connectivity index is 1.49. The van der Waals surface area contributed by atoms with E-state index in [0.717, 1.165) is 41.3 Å². The first-order chi connectivity index (χ1) is 19.5. The van der Waals surface area contributed by atoms with Gasteiger partial charge in [0.1, 0.15) is 12.4 Å². The van der Waals surface area contributed by atoms with Crippen LogP contribution < -0.4 is 16.3 Å². The monoisotopic (exact) mass is 631 g/mol. The molecule has 0 unspecified atom stereocenters. The SMILES string of the molecule is CC(C)N(N)/C=C(\N)COc1ccc(Br)c2c1[C@@H](CN1CC3(CC3)CC1=O)N(C(=O)[C@@H]1CCCC[C@@H]1C(=O)O)CC2. The summed E-state index contributed by atoms with van der Waals surface area (Å²) in [5, 5.41) is 11.5. The van der Waals surface area contributed by atoms with E-state index in [9.17, 15) is 19.5 Å². The summed E-state index contributed by atoms with van der Waals surface area (Å²) in [7, 11) is 0. The minimum atomic E-state index is -0.910. The lowest BCUT2D eigenvalue weighted by atomic mass is 9.77. The zero-order valence-corrected chi connectivity index (χ0v) is 25.6. The summed E-state index contributed by atoms with van der Waals surface area (Å²) in [5.41, 5.74) is 8.66. The van der Waals surface area contributed by atoms with Crippen molar-refractivity contribution >= 4 is 33.7 Å². The molecule has 5 rings (SSSR count). The molecule has 10 nitrogen and oxygen atoms in total. The van der Waals surface area contributed by atoms with E-state index in [-0.39, 0.29) is 29.9 Å². The quantitative estimate of drug-likeness (QED) is 0.277. The first-order valence-electron chi connectivity index (χ1n) is 14.7. The minimum Gasteiger partial charge on any atom is -0.487 e. The maximum Gasteiger partial charge on any atom is 0.307 e. The predicted molar refractivity (Wildman–Crippen MR) is 157 cm³/mol. The molecule has 3 fully saturated rings. The highest BCUT2D eigenvalue weighted by atomic mass is 79.9. The molecule has 0 bridgehead atoms. The van der Waals surface area contributed by atoms with Crippen LogP contribution in [0.3, 0.4) is 0 Å². The normalized spacial score (nSPS) is 25.4. The van der Waals surface area contributed by atoms with Crippen molar-refractivity contribution in [3.05, 3.63) is 39.6 Å². The number of ether oxygens (including phenoxy) is 1. The van der Waals surface area contributed by atoms with Crippen molar-refractivity contribution in [3.8, 4) is 5.75 Å². The molecule has 4 aliphatic rings. The molecule has 1 saturated heterocycles. The molecule has 2 aliphatic carbocycles. The number of fused-ring (bicyclic) bond motifs is 1. The van der Waals surface area contributed by atoms with Gasteiger partial charge in [0.2, 0.25) is 11.8 Å². The standard InChI is InChI=1S/C30H42BrN5O5/c1-18(2)36(33)14-19(32)16-41-25-8-7-23(31)22-9-12-35(28(38)20-5-3-4-6-21(20)29(39)40)24(27(22)25)15-34-17-30(10-11-30)13-26(34)37/h7-8,14,18,20-21,24H,3-6,9-13,15-17,32-33H2,1-2H3,(H,39,40)/b19-14-/t20-,21+,24-/m1/s1. The summed E-state index contributed by atoms with van der Waals surface area (Å²) in [6.45, 7) is 5.52. The molecule has 0 aromatic heterocycles. The van der Waals surface area contributed by atoms with Crippen LogP contribution in [0.25, 0.3) is 0 Å². The summed E-state index contributed by atoms with van der Waals surface area (Å²) in [5.74, 6) is 4.42. The van der Waals surface area contributed by atoms with Crippen molar-refractivity contribution in [1.82, 2.24) is 14.8 Å². The summed E-state index contributed by atoms with van der Waals surface area (Å²) in [4.78, 5) is 43.2. The van der Waals surface area contributed by atoms with E-state index in [4.69, 9.17) is 16.3 Å².